The summed E-state index contributed by atoms with van der Waals surface area (Å²) in [7, 11) is 0. The van der Waals surface area contributed by atoms with Gasteiger partial charge in [0.1, 0.15) is 0 Å². The zero-order valence-corrected chi connectivity index (χ0v) is 13.4. The Balaban J connectivity index is 2.52. The Bertz CT molecular complexity index is 398. The molecule has 0 aliphatic heterocycles. The molecular weight excluding hydrogens is 369 g/mol. The van der Waals surface area contributed by atoms with Crippen LogP contribution in [0.25, 0.3) is 0 Å². The number of hydrogen-bond donors (Lipinski definition) is 1. The maximum absolute atomic E-state index is 11.8. The molecule has 1 unspecified atom stereocenters. The number of carbonyl (C=O) groups excluding carboxylic acids is 1. The van der Waals surface area contributed by atoms with Crippen molar-refractivity contribution >= 4 is 49.4 Å². The van der Waals surface area contributed by atoms with Crippen molar-refractivity contribution in [1.82, 2.24) is 5.32 Å². The summed E-state index contributed by atoms with van der Waals surface area (Å²) in [5.41, 5.74) is 0.512. The molecule has 1 amide bonds. The van der Waals surface area contributed by atoms with Crippen LogP contribution in [-0.4, -0.2) is 17.3 Å². The highest BCUT2D eigenvalue weighted by Crippen LogP contribution is 2.21. The summed E-state index contributed by atoms with van der Waals surface area (Å²) >= 11 is 12.8. The zero-order valence-electron chi connectivity index (χ0n) is 9.47. The topological polar surface area (TPSA) is 29.1 Å². The largest absolute Gasteiger partial charge is 0.352 e. The first-order valence-electron chi connectivity index (χ1n) is 5.42. The van der Waals surface area contributed by atoms with Gasteiger partial charge in [-0.3, -0.25) is 4.79 Å². The Hall–Kier alpha value is -0.0600. The van der Waals surface area contributed by atoms with Gasteiger partial charge in [-0.1, -0.05) is 50.4 Å². The number of nitrogens with one attached hydrogen (secondary N) is 1. The third kappa shape index (κ3) is 4.98. The molecule has 1 N–H and O–H groups in total. The third-order valence-electron chi connectivity index (χ3n) is 2.36. The van der Waals surface area contributed by atoms with E-state index in [4.69, 9.17) is 11.6 Å². The summed E-state index contributed by atoms with van der Waals surface area (Å²) in [6, 6.07) is 5.24. The molecular formula is C12H14Br2ClNO. The molecule has 17 heavy (non-hydrogen) atoms. The minimum atomic E-state index is -0.127. The van der Waals surface area contributed by atoms with Gasteiger partial charge in [0, 0.05) is 15.8 Å². The number of hydrogen-bond acceptors (Lipinski definition) is 1. The molecule has 1 aromatic rings. The van der Waals surface area contributed by atoms with Crippen LogP contribution in [0.3, 0.4) is 0 Å². The lowest BCUT2D eigenvalue weighted by molar-refractivity contribution is 0.0953. The van der Waals surface area contributed by atoms with Crippen molar-refractivity contribution in [2.45, 2.75) is 24.6 Å². The minimum absolute atomic E-state index is 0.127. The van der Waals surface area contributed by atoms with E-state index in [-0.39, 0.29) is 5.91 Å². The van der Waals surface area contributed by atoms with Gasteiger partial charge >= 0.3 is 0 Å². The maximum atomic E-state index is 11.8. The summed E-state index contributed by atoms with van der Waals surface area (Å²) in [5.74, 6) is -0.127. The molecule has 0 radical (unpaired) electrons. The van der Waals surface area contributed by atoms with E-state index in [2.05, 4.69) is 44.1 Å². The molecule has 1 rings (SSSR count). The number of amides is 1. The van der Waals surface area contributed by atoms with Crippen molar-refractivity contribution in [1.29, 1.82) is 0 Å². The number of halogens is 3. The second-order valence-corrected chi connectivity index (χ2v) is 6.29. The molecule has 0 saturated heterocycles. The second kappa shape index (κ2) is 7.39. The summed E-state index contributed by atoms with van der Waals surface area (Å²) in [6.45, 7) is 2.75. The lowest BCUT2D eigenvalue weighted by Crippen LogP contribution is -2.26. The number of benzene rings is 1. The molecule has 0 spiro atoms. The van der Waals surface area contributed by atoms with Gasteiger partial charge in [0.15, 0.2) is 0 Å². The number of rotatable bonds is 5. The van der Waals surface area contributed by atoms with Crippen LogP contribution >= 0.6 is 43.5 Å². The molecule has 0 saturated carbocycles. The van der Waals surface area contributed by atoms with E-state index >= 15 is 0 Å². The van der Waals surface area contributed by atoms with Gasteiger partial charge in [-0.15, -0.1) is 0 Å². The van der Waals surface area contributed by atoms with Crippen molar-refractivity contribution in [2.24, 2.45) is 0 Å². The van der Waals surface area contributed by atoms with E-state index in [0.717, 1.165) is 17.3 Å². The molecule has 0 aliphatic rings. The lowest BCUT2D eigenvalue weighted by atomic mass is 10.2. The highest BCUT2D eigenvalue weighted by molar-refractivity contribution is 9.10. The normalized spacial score (nSPS) is 12.2. The van der Waals surface area contributed by atoms with Gasteiger partial charge in [-0.25, -0.2) is 0 Å². The molecule has 1 aromatic carbocycles. The molecule has 0 fully saturated rings. The Morgan fingerprint density at radius 3 is 2.82 bits per heavy atom. The van der Waals surface area contributed by atoms with Gasteiger partial charge in [0.25, 0.3) is 5.91 Å². The van der Waals surface area contributed by atoms with E-state index in [1.165, 1.54) is 0 Å². The lowest BCUT2D eigenvalue weighted by Gasteiger charge is -2.09. The first-order valence-corrected chi connectivity index (χ1v) is 7.50. The van der Waals surface area contributed by atoms with Crippen LogP contribution < -0.4 is 5.32 Å². The fraction of sp³-hybridized carbons (Fsp3) is 0.417. The predicted molar refractivity (Wildman–Crippen MR) is 79.1 cm³/mol. The fourth-order valence-corrected chi connectivity index (χ4v) is 2.30. The van der Waals surface area contributed by atoms with Gasteiger partial charge < -0.3 is 5.32 Å². The standard InChI is InChI=1S/C12H14Br2ClNO/c1-2-8(13)5-6-16-12(17)10-4-3-9(14)7-11(10)15/h3-4,7-8H,2,5-6H2,1H3,(H,16,17). The Morgan fingerprint density at radius 2 is 2.24 bits per heavy atom. The molecule has 0 aromatic heterocycles. The van der Waals surface area contributed by atoms with Crippen LogP contribution in [0.5, 0.6) is 0 Å². The van der Waals surface area contributed by atoms with E-state index in [1.54, 1.807) is 18.2 Å². The van der Waals surface area contributed by atoms with Crippen LogP contribution in [0.1, 0.15) is 30.1 Å². The SMILES string of the molecule is CCC(Br)CCNC(=O)c1ccc(Br)cc1Cl. The fourth-order valence-electron chi connectivity index (χ4n) is 1.32. The predicted octanol–water partition coefficient (Wildman–Crippen LogP) is 4.40. The Labute approximate surface area is 123 Å². The van der Waals surface area contributed by atoms with Crippen molar-refractivity contribution in [3.8, 4) is 0 Å². The van der Waals surface area contributed by atoms with Crippen molar-refractivity contribution < 1.29 is 4.79 Å². The molecule has 1 atom stereocenters. The Kier molecular flexibility index (Phi) is 6.52. The summed E-state index contributed by atoms with van der Waals surface area (Å²) < 4.78 is 0.866. The Morgan fingerprint density at radius 1 is 1.53 bits per heavy atom. The van der Waals surface area contributed by atoms with E-state index < -0.39 is 0 Å². The summed E-state index contributed by atoms with van der Waals surface area (Å²) in [5, 5.41) is 3.32. The van der Waals surface area contributed by atoms with Crippen LogP contribution in [0.2, 0.25) is 5.02 Å². The highest BCUT2D eigenvalue weighted by Gasteiger charge is 2.10. The number of carbonyl (C=O) groups is 1. The molecule has 5 heteroatoms. The number of alkyl halides is 1. The molecule has 2 nitrogen and oxygen atoms in total. The minimum Gasteiger partial charge on any atom is -0.352 e. The smallest absolute Gasteiger partial charge is 0.252 e. The van der Waals surface area contributed by atoms with E-state index in [0.29, 0.717) is 22.0 Å². The van der Waals surface area contributed by atoms with Crippen LogP contribution in [0, 0.1) is 0 Å². The van der Waals surface area contributed by atoms with Gasteiger partial charge in [0.2, 0.25) is 0 Å². The summed E-state index contributed by atoms with van der Waals surface area (Å²) in [4.78, 5) is 12.3. The van der Waals surface area contributed by atoms with E-state index in [1.807, 2.05) is 0 Å². The molecule has 0 heterocycles. The highest BCUT2D eigenvalue weighted by atomic mass is 79.9. The molecule has 0 bridgehead atoms. The summed E-state index contributed by atoms with van der Waals surface area (Å²) in [6.07, 6.45) is 1.96. The van der Waals surface area contributed by atoms with Gasteiger partial charge in [0.05, 0.1) is 10.6 Å². The van der Waals surface area contributed by atoms with Crippen molar-refractivity contribution in [2.75, 3.05) is 6.54 Å². The van der Waals surface area contributed by atoms with Crippen LogP contribution in [0.15, 0.2) is 22.7 Å². The second-order valence-electron chi connectivity index (χ2n) is 3.67. The third-order valence-corrected chi connectivity index (χ3v) is 4.27. The zero-order chi connectivity index (χ0) is 12.8. The molecule has 0 aliphatic carbocycles. The van der Waals surface area contributed by atoms with Crippen molar-refractivity contribution in [3.05, 3.63) is 33.3 Å². The van der Waals surface area contributed by atoms with Gasteiger partial charge in [-0.2, -0.15) is 0 Å². The molecule has 94 valence electrons. The average molecular weight is 384 g/mol. The van der Waals surface area contributed by atoms with Crippen LogP contribution in [-0.2, 0) is 0 Å². The average Bonchev–Trinajstić information content (AvgIpc) is 2.28. The quantitative estimate of drug-likeness (QED) is 0.751. The van der Waals surface area contributed by atoms with Crippen LogP contribution in [0.4, 0.5) is 0 Å². The monoisotopic (exact) mass is 381 g/mol. The maximum Gasteiger partial charge on any atom is 0.252 e. The van der Waals surface area contributed by atoms with E-state index in [9.17, 15) is 4.79 Å². The van der Waals surface area contributed by atoms with Crippen molar-refractivity contribution in [3.63, 3.8) is 0 Å². The van der Waals surface area contributed by atoms with Gasteiger partial charge in [-0.05, 0) is 31.0 Å². The first-order chi connectivity index (χ1) is 8.04. The first kappa shape index (κ1) is 15.0.